The average molecular weight is 576 g/mol. The first kappa shape index (κ1) is 26.1. The molecule has 7 aromatic rings. The number of hydrogen-bond acceptors (Lipinski definition) is 3. The average Bonchev–Trinajstić information content (AvgIpc) is 3.67. The van der Waals surface area contributed by atoms with Crippen molar-refractivity contribution in [3.05, 3.63) is 108 Å². The smallest absolute Gasteiger partial charge is 0.456 e. The lowest BCUT2D eigenvalue weighted by Gasteiger charge is -2.32. The maximum Gasteiger partial charge on any atom is 0.495 e. The van der Waals surface area contributed by atoms with Gasteiger partial charge in [0.15, 0.2) is 0 Å². The van der Waals surface area contributed by atoms with E-state index in [2.05, 4.69) is 131 Å². The van der Waals surface area contributed by atoms with Crippen molar-refractivity contribution in [3.63, 3.8) is 0 Å². The van der Waals surface area contributed by atoms with E-state index in [1.807, 2.05) is 12.1 Å². The van der Waals surface area contributed by atoms with Gasteiger partial charge in [-0.05, 0) is 97.9 Å². The van der Waals surface area contributed by atoms with Crippen LogP contribution in [0.15, 0.2) is 101 Å². The summed E-state index contributed by atoms with van der Waals surface area (Å²) in [6.07, 6.45) is 0. The van der Waals surface area contributed by atoms with E-state index in [0.29, 0.717) is 0 Å². The number of furan rings is 1. The summed E-state index contributed by atoms with van der Waals surface area (Å²) in [5.74, 6) is 0. The molecular weight excluding hydrogens is 541 g/mol. The van der Waals surface area contributed by atoms with E-state index < -0.39 is 18.3 Å². The van der Waals surface area contributed by atoms with Crippen LogP contribution >= 0.6 is 0 Å². The second kappa shape index (κ2) is 8.44. The van der Waals surface area contributed by atoms with Gasteiger partial charge in [-0.1, -0.05) is 68.4 Å². The molecule has 3 heterocycles. The molecule has 1 fully saturated rings. The molecule has 2 aromatic heterocycles. The van der Waals surface area contributed by atoms with Crippen LogP contribution in [0.25, 0.3) is 60.6 Å². The minimum Gasteiger partial charge on any atom is -0.456 e. The molecule has 1 aliphatic heterocycles. The highest BCUT2D eigenvalue weighted by Crippen LogP contribution is 2.51. The monoisotopic (exact) mass is 575 g/mol. The van der Waals surface area contributed by atoms with Gasteiger partial charge in [0.25, 0.3) is 0 Å². The van der Waals surface area contributed by atoms with Gasteiger partial charge in [0, 0.05) is 32.6 Å². The van der Waals surface area contributed by atoms with Crippen molar-refractivity contribution < 1.29 is 13.7 Å². The SMILES string of the molecule is CC1(C)c2ccccc2-c2cc3c4ccccc4n(-c4ccc5oc6cccc(B7OC(C)(C)C(C)(C)O7)c6c5c4)c3cc21. The van der Waals surface area contributed by atoms with Crippen LogP contribution in [0.4, 0.5) is 0 Å². The Morgan fingerprint density at radius 1 is 0.568 bits per heavy atom. The Balaban J connectivity index is 1.30. The molecule has 0 bridgehead atoms. The van der Waals surface area contributed by atoms with Crippen molar-refractivity contribution in [2.45, 2.75) is 58.2 Å². The van der Waals surface area contributed by atoms with Crippen molar-refractivity contribution in [1.82, 2.24) is 4.57 Å². The summed E-state index contributed by atoms with van der Waals surface area (Å²) in [6.45, 7) is 13.1. The number of para-hydroxylation sites is 1. The lowest BCUT2D eigenvalue weighted by molar-refractivity contribution is 0.00578. The van der Waals surface area contributed by atoms with Crippen LogP contribution < -0.4 is 5.46 Å². The predicted octanol–water partition coefficient (Wildman–Crippen LogP) is 9.29. The van der Waals surface area contributed by atoms with E-state index in [1.165, 1.54) is 44.1 Å². The standard InChI is InChI=1S/C39H34BNO3/c1-37(2)29-14-9-7-12-24(29)26-21-27-25-13-8-10-16-32(25)41(33(27)22-30(26)37)23-18-19-34-28(20-23)36-31(15-11-17-35(36)42-34)40-43-38(3,4)39(5,6)44-40/h7-22H,1-6H3. The molecule has 0 atom stereocenters. The minimum absolute atomic E-state index is 0.0795. The molecule has 9 rings (SSSR count). The number of hydrogen-bond donors (Lipinski definition) is 0. The second-order valence-electron chi connectivity index (χ2n) is 14.0. The summed E-state index contributed by atoms with van der Waals surface area (Å²) in [7, 11) is -0.479. The molecule has 4 nitrogen and oxygen atoms in total. The number of nitrogens with zero attached hydrogens (tertiary/aromatic N) is 1. The number of aromatic nitrogens is 1. The summed E-state index contributed by atoms with van der Waals surface area (Å²) in [4.78, 5) is 0. The molecule has 0 unspecified atom stereocenters. The van der Waals surface area contributed by atoms with Crippen LogP contribution in [0.1, 0.15) is 52.7 Å². The fourth-order valence-electron chi connectivity index (χ4n) is 7.59. The zero-order valence-corrected chi connectivity index (χ0v) is 26.0. The Hall–Kier alpha value is -4.32. The van der Waals surface area contributed by atoms with Gasteiger partial charge < -0.3 is 18.3 Å². The first-order valence-electron chi connectivity index (χ1n) is 15.5. The highest BCUT2D eigenvalue weighted by molar-refractivity contribution is 6.66. The quantitative estimate of drug-likeness (QED) is 0.193. The van der Waals surface area contributed by atoms with Crippen molar-refractivity contribution >= 4 is 56.3 Å². The number of benzene rings is 5. The molecular formula is C39H34BNO3. The number of rotatable bonds is 2. The van der Waals surface area contributed by atoms with Gasteiger partial charge in [0.1, 0.15) is 11.2 Å². The first-order valence-corrected chi connectivity index (χ1v) is 15.5. The van der Waals surface area contributed by atoms with Crippen LogP contribution in [0.3, 0.4) is 0 Å². The topological polar surface area (TPSA) is 36.5 Å². The molecule has 2 aliphatic rings. The fourth-order valence-corrected chi connectivity index (χ4v) is 7.59. The summed E-state index contributed by atoms with van der Waals surface area (Å²) in [6, 6.07) is 35.2. The van der Waals surface area contributed by atoms with Gasteiger partial charge in [-0.25, -0.2) is 0 Å². The van der Waals surface area contributed by atoms with Crippen molar-refractivity contribution in [1.29, 1.82) is 0 Å². The van der Waals surface area contributed by atoms with E-state index in [-0.39, 0.29) is 5.41 Å². The van der Waals surface area contributed by atoms with Crippen LogP contribution in [0.5, 0.6) is 0 Å². The molecule has 0 spiro atoms. The van der Waals surface area contributed by atoms with Gasteiger partial charge in [0.05, 0.1) is 22.2 Å². The molecule has 44 heavy (non-hydrogen) atoms. The van der Waals surface area contributed by atoms with Crippen LogP contribution in [-0.4, -0.2) is 22.9 Å². The highest BCUT2D eigenvalue weighted by atomic mass is 16.7. The lowest BCUT2D eigenvalue weighted by atomic mass is 9.76. The Kier molecular flexibility index (Phi) is 5.01. The van der Waals surface area contributed by atoms with E-state index in [4.69, 9.17) is 13.7 Å². The zero-order chi connectivity index (χ0) is 30.2. The first-order chi connectivity index (χ1) is 21.0. The van der Waals surface area contributed by atoms with Crippen LogP contribution in [0.2, 0.25) is 0 Å². The molecule has 0 saturated carbocycles. The highest BCUT2D eigenvalue weighted by Gasteiger charge is 2.52. The summed E-state index contributed by atoms with van der Waals surface area (Å²) in [5, 5.41) is 4.62. The Labute approximate surface area is 257 Å². The van der Waals surface area contributed by atoms with E-state index >= 15 is 0 Å². The summed E-state index contributed by atoms with van der Waals surface area (Å²) >= 11 is 0. The van der Waals surface area contributed by atoms with Gasteiger partial charge in [-0.3, -0.25) is 0 Å². The molecule has 5 heteroatoms. The molecule has 0 amide bonds. The van der Waals surface area contributed by atoms with Crippen LogP contribution in [-0.2, 0) is 14.7 Å². The van der Waals surface area contributed by atoms with E-state index in [0.717, 1.165) is 33.1 Å². The predicted molar refractivity (Wildman–Crippen MR) is 181 cm³/mol. The van der Waals surface area contributed by atoms with Gasteiger partial charge in [0.2, 0.25) is 0 Å². The maximum atomic E-state index is 6.51. The maximum absolute atomic E-state index is 6.51. The number of fused-ring (bicyclic) bond motifs is 9. The van der Waals surface area contributed by atoms with Crippen molar-refractivity contribution in [2.75, 3.05) is 0 Å². The Morgan fingerprint density at radius 2 is 1.32 bits per heavy atom. The van der Waals surface area contributed by atoms with Crippen molar-refractivity contribution in [3.8, 4) is 16.8 Å². The molecule has 1 saturated heterocycles. The third-order valence-corrected chi connectivity index (χ3v) is 10.7. The molecule has 1 aliphatic carbocycles. The summed E-state index contributed by atoms with van der Waals surface area (Å²) < 4.78 is 21.9. The molecule has 216 valence electrons. The fraction of sp³-hybridized carbons (Fsp3) is 0.231. The molecule has 5 aromatic carbocycles. The van der Waals surface area contributed by atoms with Gasteiger partial charge in [-0.15, -0.1) is 0 Å². The minimum atomic E-state index is -0.479. The van der Waals surface area contributed by atoms with Crippen molar-refractivity contribution in [2.24, 2.45) is 0 Å². The van der Waals surface area contributed by atoms with E-state index in [1.54, 1.807) is 0 Å². The molecule has 0 radical (unpaired) electrons. The Morgan fingerprint density at radius 3 is 2.14 bits per heavy atom. The van der Waals surface area contributed by atoms with Gasteiger partial charge in [-0.2, -0.15) is 0 Å². The summed E-state index contributed by atoms with van der Waals surface area (Å²) in [5.41, 5.74) is 10.7. The molecule has 0 N–H and O–H groups in total. The normalized spacial score (nSPS) is 18.1. The lowest BCUT2D eigenvalue weighted by Crippen LogP contribution is -2.41. The Bertz CT molecular complexity index is 2320. The third-order valence-electron chi connectivity index (χ3n) is 10.7. The second-order valence-corrected chi connectivity index (χ2v) is 14.0. The zero-order valence-electron chi connectivity index (χ0n) is 26.0. The van der Waals surface area contributed by atoms with E-state index in [9.17, 15) is 0 Å². The van der Waals surface area contributed by atoms with Crippen LogP contribution in [0, 0.1) is 0 Å². The van der Waals surface area contributed by atoms with Gasteiger partial charge >= 0.3 is 7.12 Å². The largest absolute Gasteiger partial charge is 0.495 e. The third kappa shape index (κ3) is 3.32.